The van der Waals surface area contributed by atoms with Gasteiger partial charge in [-0.1, -0.05) is 6.07 Å². The van der Waals surface area contributed by atoms with Crippen molar-refractivity contribution >= 4 is 23.0 Å². The molecule has 7 heteroatoms. The zero-order chi connectivity index (χ0) is 14.7. The number of amides is 1. The van der Waals surface area contributed by atoms with Gasteiger partial charge >= 0.3 is 0 Å². The fourth-order valence-electron chi connectivity index (χ4n) is 1.69. The molecule has 0 saturated carbocycles. The fraction of sp³-hybridized carbons (Fsp3) is 0.0769. The van der Waals surface area contributed by atoms with E-state index in [9.17, 15) is 14.9 Å². The van der Waals surface area contributed by atoms with Gasteiger partial charge in [0.05, 0.1) is 22.4 Å². The summed E-state index contributed by atoms with van der Waals surface area (Å²) in [6, 6.07) is 5.84. The topological polar surface area (TPSA) is 111 Å². The molecule has 0 fully saturated rings. The lowest BCUT2D eigenvalue weighted by Crippen LogP contribution is -2.15. The van der Waals surface area contributed by atoms with E-state index in [2.05, 4.69) is 10.3 Å². The average molecular weight is 272 g/mol. The first kappa shape index (κ1) is 13.5. The van der Waals surface area contributed by atoms with Crippen molar-refractivity contribution in [1.29, 1.82) is 0 Å². The molecule has 1 aromatic carbocycles. The number of anilines is 2. The molecule has 0 aliphatic rings. The summed E-state index contributed by atoms with van der Waals surface area (Å²) in [4.78, 5) is 26.2. The van der Waals surface area contributed by atoms with E-state index >= 15 is 0 Å². The summed E-state index contributed by atoms with van der Waals surface area (Å²) in [5.74, 6) is -0.512. The monoisotopic (exact) mass is 272 g/mol. The number of benzene rings is 1. The Hall–Kier alpha value is -2.96. The number of pyridine rings is 1. The zero-order valence-electron chi connectivity index (χ0n) is 10.7. The summed E-state index contributed by atoms with van der Waals surface area (Å²) in [5, 5.41) is 13.4. The maximum atomic E-state index is 12.1. The number of nitrogens with two attached hydrogens (primary N) is 1. The lowest BCUT2D eigenvalue weighted by atomic mass is 10.1. The molecule has 0 aliphatic carbocycles. The Morgan fingerprint density at radius 2 is 2.15 bits per heavy atom. The molecule has 1 heterocycles. The van der Waals surface area contributed by atoms with Crippen LogP contribution in [-0.2, 0) is 0 Å². The highest BCUT2D eigenvalue weighted by Gasteiger charge is 2.19. The Kier molecular flexibility index (Phi) is 3.60. The minimum Gasteiger partial charge on any atom is -0.393 e. The normalized spacial score (nSPS) is 10.1. The Balaban J connectivity index is 2.33. The Morgan fingerprint density at radius 1 is 1.40 bits per heavy atom. The van der Waals surface area contributed by atoms with Crippen molar-refractivity contribution in [1.82, 2.24) is 4.98 Å². The predicted molar refractivity (Wildman–Crippen MR) is 74.4 cm³/mol. The van der Waals surface area contributed by atoms with E-state index < -0.39 is 10.8 Å². The van der Waals surface area contributed by atoms with E-state index in [1.165, 1.54) is 24.4 Å². The summed E-state index contributed by atoms with van der Waals surface area (Å²) in [6.07, 6.45) is 3.10. The first-order valence-electron chi connectivity index (χ1n) is 5.75. The number of para-hydroxylation sites is 1. The number of carbonyl (C=O) groups excluding carboxylic acids is 1. The number of hydrogen-bond acceptors (Lipinski definition) is 5. The summed E-state index contributed by atoms with van der Waals surface area (Å²) in [7, 11) is 0. The first-order chi connectivity index (χ1) is 9.50. The predicted octanol–water partition coefficient (Wildman–Crippen LogP) is 2.13. The van der Waals surface area contributed by atoms with Crippen LogP contribution in [0, 0.1) is 17.0 Å². The average Bonchev–Trinajstić information content (AvgIpc) is 2.41. The van der Waals surface area contributed by atoms with E-state index in [4.69, 9.17) is 5.73 Å². The van der Waals surface area contributed by atoms with Crippen molar-refractivity contribution in [2.45, 2.75) is 6.92 Å². The number of aromatic nitrogens is 1. The van der Waals surface area contributed by atoms with Crippen LogP contribution in [0.15, 0.2) is 36.7 Å². The largest absolute Gasteiger partial charge is 0.393 e. The number of nitro groups is 1. The molecule has 102 valence electrons. The summed E-state index contributed by atoms with van der Waals surface area (Å²) in [6.45, 7) is 1.81. The zero-order valence-corrected chi connectivity index (χ0v) is 10.7. The number of hydrogen-bond donors (Lipinski definition) is 2. The molecule has 2 rings (SSSR count). The van der Waals surface area contributed by atoms with Crippen LogP contribution in [0.5, 0.6) is 0 Å². The van der Waals surface area contributed by atoms with E-state index in [1.54, 1.807) is 12.3 Å². The highest BCUT2D eigenvalue weighted by Crippen LogP contribution is 2.25. The molecule has 1 aromatic heterocycles. The molecule has 2 aromatic rings. The van der Waals surface area contributed by atoms with Gasteiger partial charge in [-0.05, 0) is 24.6 Å². The van der Waals surface area contributed by atoms with Crippen LogP contribution in [0.25, 0.3) is 0 Å². The number of nitro benzene ring substituents is 1. The van der Waals surface area contributed by atoms with Gasteiger partial charge in [-0.25, -0.2) is 0 Å². The molecular weight excluding hydrogens is 260 g/mol. The molecule has 0 atom stereocenters. The second-order valence-electron chi connectivity index (χ2n) is 4.14. The first-order valence-corrected chi connectivity index (χ1v) is 5.75. The smallest absolute Gasteiger partial charge is 0.292 e. The molecule has 3 N–H and O–H groups in total. The molecule has 0 saturated heterocycles. The van der Waals surface area contributed by atoms with E-state index in [0.29, 0.717) is 5.69 Å². The van der Waals surface area contributed by atoms with Crippen LogP contribution in [-0.4, -0.2) is 15.8 Å². The van der Waals surface area contributed by atoms with E-state index in [1.807, 2.05) is 6.92 Å². The minimum atomic E-state index is -0.624. The van der Waals surface area contributed by atoms with Gasteiger partial charge in [-0.3, -0.25) is 19.9 Å². The van der Waals surface area contributed by atoms with Crippen LogP contribution in [0.4, 0.5) is 17.1 Å². The Labute approximate surface area is 114 Å². The molecule has 0 bridgehead atoms. The maximum absolute atomic E-state index is 12.1. The van der Waals surface area contributed by atoms with Gasteiger partial charge in [0.25, 0.3) is 11.6 Å². The fourth-order valence-corrected chi connectivity index (χ4v) is 1.69. The van der Waals surface area contributed by atoms with Gasteiger partial charge in [-0.2, -0.15) is 0 Å². The number of nitrogens with one attached hydrogen (secondary N) is 1. The van der Waals surface area contributed by atoms with Crippen molar-refractivity contribution in [2.24, 2.45) is 0 Å². The summed E-state index contributed by atoms with van der Waals surface area (Å²) < 4.78 is 0. The molecule has 0 unspecified atom stereocenters. The van der Waals surface area contributed by atoms with E-state index in [0.717, 1.165) is 5.56 Å². The minimum absolute atomic E-state index is 0.0578. The highest BCUT2D eigenvalue weighted by atomic mass is 16.6. The van der Waals surface area contributed by atoms with E-state index in [-0.39, 0.29) is 16.9 Å². The van der Waals surface area contributed by atoms with Crippen molar-refractivity contribution in [2.75, 3.05) is 11.1 Å². The molecule has 1 amide bonds. The van der Waals surface area contributed by atoms with Crippen molar-refractivity contribution < 1.29 is 9.72 Å². The van der Waals surface area contributed by atoms with Crippen LogP contribution in [0.3, 0.4) is 0 Å². The third kappa shape index (κ3) is 2.56. The third-order valence-electron chi connectivity index (χ3n) is 2.81. The van der Waals surface area contributed by atoms with Gasteiger partial charge in [-0.15, -0.1) is 0 Å². The molecular formula is C13H12N4O3. The van der Waals surface area contributed by atoms with Gasteiger partial charge in [0, 0.05) is 12.3 Å². The number of rotatable bonds is 3. The molecule has 0 aliphatic heterocycles. The van der Waals surface area contributed by atoms with Crippen LogP contribution >= 0.6 is 0 Å². The van der Waals surface area contributed by atoms with Crippen LogP contribution in [0.1, 0.15) is 15.9 Å². The second-order valence-corrected chi connectivity index (χ2v) is 4.14. The van der Waals surface area contributed by atoms with Gasteiger partial charge < -0.3 is 11.1 Å². The number of nitrogens with zero attached hydrogens (tertiary/aromatic N) is 2. The van der Waals surface area contributed by atoms with Crippen molar-refractivity contribution in [3.05, 3.63) is 57.9 Å². The van der Waals surface area contributed by atoms with Gasteiger partial charge in [0.2, 0.25) is 0 Å². The van der Waals surface area contributed by atoms with Gasteiger partial charge in [0.1, 0.15) is 5.69 Å². The van der Waals surface area contributed by atoms with Crippen molar-refractivity contribution in [3.8, 4) is 0 Å². The lowest BCUT2D eigenvalue weighted by molar-refractivity contribution is -0.383. The molecule has 20 heavy (non-hydrogen) atoms. The van der Waals surface area contributed by atoms with Crippen LogP contribution in [0.2, 0.25) is 0 Å². The summed E-state index contributed by atoms with van der Waals surface area (Å²) in [5.41, 5.74) is 6.63. The Morgan fingerprint density at radius 3 is 2.80 bits per heavy atom. The van der Waals surface area contributed by atoms with Crippen molar-refractivity contribution in [3.63, 3.8) is 0 Å². The molecule has 0 radical (unpaired) electrons. The van der Waals surface area contributed by atoms with Crippen LogP contribution < -0.4 is 11.1 Å². The number of carbonyl (C=O) groups is 1. The second kappa shape index (κ2) is 5.35. The quantitative estimate of drug-likeness (QED) is 0.505. The number of nitrogen functional groups attached to an aromatic ring is 1. The van der Waals surface area contributed by atoms with Gasteiger partial charge in [0.15, 0.2) is 0 Å². The maximum Gasteiger partial charge on any atom is 0.292 e. The highest BCUT2D eigenvalue weighted by molar-refractivity contribution is 6.09. The molecule has 7 nitrogen and oxygen atoms in total. The third-order valence-corrected chi connectivity index (χ3v) is 2.81. The number of aryl methyl sites for hydroxylation is 1. The molecule has 0 spiro atoms. The standard InChI is InChI=1S/C13H12N4O3/c1-8-5-6-15-7-10(8)16-13(18)9-3-2-4-11(12(9)14)17(19)20/h2-7H,14H2,1H3,(H,16,18). The summed E-state index contributed by atoms with van der Waals surface area (Å²) >= 11 is 0. The SMILES string of the molecule is Cc1ccncc1NC(=O)c1cccc([N+](=O)[O-])c1N. The lowest BCUT2D eigenvalue weighted by Gasteiger charge is -2.09. The Bertz CT molecular complexity index is 685.